The van der Waals surface area contributed by atoms with E-state index >= 15 is 0 Å². The van der Waals surface area contributed by atoms with Gasteiger partial charge in [-0.05, 0) is 30.8 Å². The summed E-state index contributed by atoms with van der Waals surface area (Å²) in [5, 5.41) is 16.6. The van der Waals surface area contributed by atoms with Crippen LogP contribution in [0.2, 0.25) is 0 Å². The maximum absolute atomic E-state index is 13.7. The Hall–Kier alpha value is -2.54. The van der Waals surface area contributed by atoms with Crippen LogP contribution in [0.5, 0.6) is 0 Å². The number of nitrogens with zero attached hydrogens (tertiary/aromatic N) is 1. The first-order chi connectivity index (χ1) is 10.5. The van der Waals surface area contributed by atoms with Crippen molar-refractivity contribution >= 4 is 28.7 Å². The smallest absolute Gasteiger partial charge is 0.271 e. The Morgan fingerprint density at radius 1 is 1.27 bits per heavy atom. The van der Waals surface area contributed by atoms with Crippen molar-refractivity contribution in [3.63, 3.8) is 0 Å². The number of hydrogen-bond donors (Lipinski definition) is 2. The Kier molecular flexibility index (Phi) is 5.00. The molecule has 1 unspecified atom stereocenters. The number of thiocarbonyl (C=S) groups is 1. The third kappa shape index (κ3) is 3.98. The fourth-order valence-electron chi connectivity index (χ4n) is 1.90. The standard InChI is InChI=1S/C15H14FN3O2S/c1-10(11-5-3-2-4-6-11)17-15(22)18-14-9-12(19(20)21)7-8-13(14)16/h2-10H,1H3,(H2,17,18,22). The van der Waals surface area contributed by atoms with E-state index in [9.17, 15) is 14.5 Å². The topological polar surface area (TPSA) is 67.2 Å². The molecular weight excluding hydrogens is 305 g/mol. The van der Waals surface area contributed by atoms with Gasteiger partial charge >= 0.3 is 0 Å². The maximum atomic E-state index is 13.7. The van der Waals surface area contributed by atoms with Gasteiger partial charge in [-0.15, -0.1) is 0 Å². The molecule has 2 N–H and O–H groups in total. The van der Waals surface area contributed by atoms with Crippen LogP contribution in [-0.2, 0) is 0 Å². The van der Waals surface area contributed by atoms with Gasteiger partial charge in [-0.1, -0.05) is 30.3 Å². The average Bonchev–Trinajstić information content (AvgIpc) is 2.50. The van der Waals surface area contributed by atoms with E-state index in [0.29, 0.717) is 0 Å². The van der Waals surface area contributed by atoms with Gasteiger partial charge in [0, 0.05) is 12.1 Å². The molecule has 0 fully saturated rings. The van der Waals surface area contributed by atoms with Crippen LogP contribution in [-0.4, -0.2) is 10.0 Å². The van der Waals surface area contributed by atoms with Crippen molar-refractivity contribution in [1.29, 1.82) is 0 Å². The van der Waals surface area contributed by atoms with Crippen LogP contribution < -0.4 is 10.6 Å². The van der Waals surface area contributed by atoms with Crippen LogP contribution in [0.25, 0.3) is 0 Å². The zero-order valence-electron chi connectivity index (χ0n) is 11.7. The molecule has 0 aliphatic carbocycles. The average molecular weight is 319 g/mol. The number of nitrogens with one attached hydrogen (secondary N) is 2. The Morgan fingerprint density at radius 2 is 1.95 bits per heavy atom. The first kappa shape index (κ1) is 15.8. The molecule has 0 heterocycles. The number of non-ortho nitro benzene ring substituents is 1. The van der Waals surface area contributed by atoms with Gasteiger partial charge in [0.1, 0.15) is 5.82 Å². The van der Waals surface area contributed by atoms with Gasteiger partial charge in [0.15, 0.2) is 5.11 Å². The van der Waals surface area contributed by atoms with Gasteiger partial charge in [-0.3, -0.25) is 10.1 Å². The summed E-state index contributed by atoms with van der Waals surface area (Å²) in [6.07, 6.45) is 0. The molecule has 7 heteroatoms. The first-order valence-corrected chi connectivity index (χ1v) is 6.94. The number of anilines is 1. The molecule has 0 aromatic heterocycles. The number of nitro groups is 1. The van der Waals surface area contributed by atoms with Crippen LogP contribution in [0.1, 0.15) is 18.5 Å². The monoisotopic (exact) mass is 319 g/mol. The van der Waals surface area contributed by atoms with E-state index < -0.39 is 10.7 Å². The van der Waals surface area contributed by atoms with E-state index in [0.717, 1.165) is 23.8 Å². The fraction of sp³-hybridized carbons (Fsp3) is 0.133. The Bertz CT molecular complexity index is 694. The van der Waals surface area contributed by atoms with Crippen molar-refractivity contribution in [2.24, 2.45) is 0 Å². The third-order valence-corrected chi connectivity index (χ3v) is 3.28. The highest BCUT2D eigenvalue weighted by atomic mass is 32.1. The summed E-state index contributed by atoms with van der Waals surface area (Å²) in [6.45, 7) is 1.91. The van der Waals surface area contributed by atoms with Crippen molar-refractivity contribution in [3.8, 4) is 0 Å². The molecule has 0 saturated carbocycles. The van der Waals surface area contributed by atoms with E-state index in [1.165, 1.54) is 0 Å². The maximum Gasteiger partial charge on any atom is 0.271 e. The number of halogens is 1. The van der Waals surface area contributed by atoms with Crippen LogP contribution >= 0.6 is 12.2 Å². The molecule has 114 valence electrons. The molecule has 0 spiro atoms. The lowest BCUT2D eigenvalue weighted by Crippen LogP contribution is -2.31. The summed E-state index contributed by atoms with van der Waals surface area (Å²) in [5.74, 6) is -0.609. The molecular formula is C15H14FN3O2S. The van der Waals surface area contributed by atoms with E-state index in [-0.39, 0.29) is 22.5 Å². The summed E-state index contributed by atoms with van der Waals surface area (Å²) in [6, 6.07) is 12.8. The Morgan fingerprint density at radius 3 is 2.59 bits per heavy atom. The van der Waals surface area contributed by atoms with Gasteiger partial charge in [0.25, 0.3) is 5.69 Å². The van der Waals surface area contributed by atoms with Crippen molar-refractivity contribution in [2.75, 3.05) is 5.32 Å². The van der Waals surface area contributed by atoms with E-state index in [4.69, 9.17) is 12.2 Å². The zero-order valence-corrected chi connectivity index (χ0v) is 12.6. The Labute approximate surface area is 132 Å². The highest BCUT2D eigenvalue weighted by Crippen LogP contribution is 2.21. The predicted molar refractivity (Wildman–Crippen MR) is 87.3 cm³/mol. The van der Waals surface area contributed by atoms with Crippen molar-refractivity contribution < 1.29 is 9.31 Å². The third-order valence-electron chi connectivity index (χ3n) is 3.06. The normalized spacial score (nSPS) is 11.5. The lowest BCUT2D eigenvalue weighted by Gasteiger charge is -2.17. The molecule has 2 rings (SSSR count). The highest BCUT2D eigenvalue weighted by molar-refractivity contribution is 7.80. The second kappa shape index (κ2) is 6.95. The van der Waals surface area contributed by atoms with Gasteiger partial charge in [0.2, 0.25) is 0 Å². The second-order valence-electron chi connectivity index (χ2n) is 4.65. The minimum Gasteiger partial charge on any atom is -0.356 e. The summed E-state index contributed by atoms with van der Waals surface area (Å²) in [4.78, 5) is 10.1. The van der Waals surface area contributed by atoms with Gasteiger partial charge in [-0.2, -0.15) is 0 Å². The molecule has 22 heavy (non-hydrogen) atoms. The number of nitro benzene ring substituents is 1. The molecule has 1 atom stereocenters. The predicted octanol–water partition coefficient (Wildman–Crippen LogP) is 3.78. The van der Waals surface area contributed by atoms with E-state index in [1.54, 1.807) is 0 Å². The quantitative estimate of drug-likeness (QED) is 0.510. The lowest BCUT2D eigenvalue weighted by atomic mass is 10.1. The van der Waals surface area contributed by atoms with E-state index in [2.05, 4.69) is 10.6 Å². The summed E-state index contributed by atoms with van der Waals surface area (Å²) in [5.41, 5.74) is 0.779. The second-order valence-corrected chi connectivity index (χ2v) is 5.06. The molecule has 0 saturated heterocycles. The summed E-state index contributed by atoms with van der Waals surface area (Å²) >= 11 is 5.12. The van der Waals surface area contributed by atoms with E-state index in [1.807, 2.05) is 37.3 Å². The molecule has 0 radical (unpaired) electrons. The van der Waals surface area contributed by atoms with Crippen LogP contribution in [0, 0.1) is 15.9 Å². The van der Waals surface area contributed by atoms with Gasteiger partial charge < -0.3 is 10.6 Å². The molecule has 0 amide bonds. The summed E-state index contributed by atoms with van der Waals surface area (Å²) in [7, 11) is 0. The number of benzene rings is 2. The largest absolute Gasteiger partial charge is 0.356 e. The molecule has 0 aliphatic rings. The van der Waals surface area contributed by atoms with Gasteiger partial charge in [-0.25, -0.2) is 4.39 Å². The zero-order chi connectivity index (χ0) is 16.1. The van der Waals surface area contributed by atoms with Crippen LogP contribution in [0.4, 0.5) is 15.8 Å². The molecule has 0 bridgehead atoms. The molecule has 0 aliphatic heterocycles. The van der Waals surface area contributed by atoms with Crippen LogP contribution in [0.3, 0.4) is 0 Å². The van der Waals surface area contributed by atoms with Gasteiger partial charge in [0.05, 0.1) is 16.7 Å². The van der Waals surface area contributed by atoms with Crippen LogP contribution in [0.15, 0.2) is 48.5 Å². The lowest BCUT2D eigenvalue weighted by molar-refractivity contribution is -0.384. The Balaban J connectivity index is 2.06. The minimum absolute atomic E-state index is 0.0352. The summed E-state index contributed by atoms with van der Waals surface area (Å²) < 4.78 is 13.7. The number of rotatable bonds is 4. The molecule has 5 nitrogen and oxygen atoms in total. The van der Waals surface area contributed by atoms with Crippen molar-refractivity contribution in [3.05, 3.63) is 70.0 Å². The fourth-order valence-corrected chi connectivity index (χ4v) is 2.19. The highest BCUT2D eigenvalue weighted by Gasteiger charge is 2.13. The SMILES string of the molecule is CC(NC(=S)Nc1cc([N+](=O)[O-])ccc1F)c1ccccc1. The first-order valence-electron chi connectivity index (χ1n) is 6.54. The molecule has 2 aromatic rings. The van der Waals surface area contributed by atoms with Crippen molar-refractivity contribution in [1.82, 2.24) is 5.32 Å². The molecule has 2 aromatic carbocycles. The number of hydrogen-bond acceptors (Lipinski definition) is 3. The van der Waals surface area contributed by atoms with Crippen molar-refractivity contribution in [2.45, 2.75) is 13.0 Å². The minimum atomic E-state index is -0.609.